The maximum Gasteiger partial charge on any atom is 0.329 e. The Morgan fingerprint density at radius 3 is 1.84 bits per heavy atom. The van der Waals surface area contributed by atoms with Crippen molar-refractivity contribution >= 4 is 18.3 Å². The summed E-state index contributed by atoms with van der Waals surface area (Å²) in [5.41, 5.74) is 1.65. The minimum Gasteiger partial charge on any atom is -0.480 e. The lowest BCUT2D eigenvalue weighted by molar-refractivity contribution is -0.143. The highest BCUT2D eigenvalue weighted by Gasteiger charge is 2.49. The second kappa shape index (κ2) is 7.17. The van der Waals surface area contributed by atoms with Crippen molar-refractivity contribution in [2.75, 3.05) is 0 Å². The van der Waals surface area contributed by atoms with E-state index >= 15 is 0 Å². The summed E-state index contributed by atoms with van der Waals surface area (Å²) in [5, 5.41) is 9.59. The van der Waals surface area contributed by atoms with Gasteiger partial charge in [-0.25, -0.2) is 9.59 Å². The van der Waals surface area contributed by atoms with Gasteiger partial charge < -0.3 is 19.7 Å². The molecule has 0 spiro atoms. The summed E-state index contributed by atoms with van der Waals surface area (Å²) in [5.74, 6) is -1.18. The van der Waals surface area contributed by atoms with Crippen LogP contribution in [0.15, 0.2) is 60.7 Å². The molecular weight excluding hydrogens is 320 g/mol. The fourth-order valence-corrected chi connectivity index (χ4v) is 3.09. The fourth-order valence-electron chi connectivity index (χ4n) is 3.09. The van der Waals surface area contributed by atoms with Crippen LogP contribution in [0.5, 0.6) is 0 Å². The Bertz CT molecular complexity index is 764. The van der Waals surface area contributed by atoms with Crippen molar-refractivity contribution < 1.29 is 19.5 Å². The lowest BCUT2D eigenvalue weighted by Crippen LogP contribution is -2.44. The van der Waals surface area contributed by atoms with Gasteiger partial charge in [0.1, 0.15) is 12.3 Å². The Balaban J connectivity index is 1.90. The summed E-state index contributed by atoms with van der Waals surface area (Å²) in [6, 6.07) is 15.7. The number of rotatable bonds is 6. The van der Waals surface area contributed by atoms with E-state index in [-0.39, 0.29) is 13.1 Å². The number of carboxylic acid groups (broad SMARTS) is 1. The molecule has 1 N–H and O–H groups in total. The van der Waals surface area contributed by atoms with E-state index in [0.717, 1.165) is 11.1 Å². The first kappa shape index (κ1) is 16.7. The smallest absolute Gasteiger partial charge is 0.329 e. The van der Waals surface area contributed by atoms with Crippen LogP contribution in [0, 0.1) is 0 Å². The topological polar surface area (TPSA) is 77.9 Å². The Labute approximate surface area is 145 Å². The number of hydrogen-bond donors (Lipinski definition) is 1. The van der Waals surface area contributed by atoms with Gasteiger partial charge in [0, 0.05) is 13.1 Å². The van der Waals surface area contributed by atoms with Crippen molar-refractivity contribution in [1.29, 1.82) is 0 Å². The molecule has 0 saturated carbocycles. The summed E-state index contributed by atoms with van der Waals surface area (Å²) in [7, 11) is 0. The van der Waals surface area contributed by atoms with E-state index in [1.54, 1.807) is 0 Å². The van der Waals surface area contributed by atoms with E-state index in [1.807, 2.05) is 60.7 Å². The third-order valence-electron chi connectivity index (χ3n) is 4.29. The van der Waals surface area contributed by atoms with Crippen molar-refractivity contribution in [3.05, 3.63) is 71.8 Å². The maximum absolute atomic E-state index is 12.8. The molecule has 2 atom stereocenters. The highest BCUT2D eigenvalue weighted by Crippen LogP contribution is 2.26. The molecule has 1 fully saturated rings. The molecule has 1 saturated heterocycles. The SMILES string of the molecule is O=C[C@H]1[C@@H](C(=O)O)N(Cc2ccccc2)C(=O)N1Cc1ccccc1. The van der Waals surface area contributed by atoms with Gasteiger partial charge in [-0.1, -0.05) is 60.7 Å². The van der Waals surface area contributed by atoms with Gasteiger partial charge in [-0.15, -0.1) is 0 Å². The van der Waals surface area contributed by atoms with Crippen LogP contribution >= 0.6 is 0 Å². The second-order valence-electron chi connectivity index (χ2n) is 5.92. The number of carbonyl (C=O) groups is 3. The number of amides is 2. The highest BCUT2D eigenvalue weighted by atomic mass is 16.4. The zero-order valence-corrected chi connectivity index (χ0v) is 13.5. The number of aldehydes is 1. The van der Waals surface area contributed by atoms with Crippen LogP contribution in [-0.4, -0.2) is 45.3 Å². The van der Waals surface area contributed by atoms with E-state index in [2.05, 4.69) is 0 Å². The molecule has 0 bridgehead atoms. The molecule has 1 heterocycles. The van der Waals surface area contributed by atoms with Crippen LogP contribution in [-0.2, 0) is 22.7 Å². The average molecular weight is 338 g/mol. The third kappa shape index (κ3) is 3.38. The van der Waals surface area contributed by atoms with E-state index in [0.29, 0.717) is 6.29 Å². The first-order valence-corrected chi connectivity index (χ1v) is 7.95. The molecule has 0 aromatic heterocycles. The molecule has 2 aromatic carbocycles. The quantitative estimate of drug-likeness (QED) is 0.819. The molecule has 6 heteroatoms. The summed E-state index contributed by atoms with van der Waals surface area (Å²) < 4.78 is 0. The van der Waals surface area contributed by atoms with Gasteiger partial charge in [0.2, 0.25) is 0 Å². The normalized spacial score (nSPS) is 19.9. The van der Waals surface area contributed by atoms with Crippen LogP contribution in [0.4, 0.5) is 4.79 Å². The fraction of sp³-hybridized carbons (Fsp3) is 0.211. The van der Waals surface area contributed by atoms with Gasteiger partial charge in [0.25, 0.3) is 0 Å². The van der Waals surface area contributed by atoms with Gasteiger partial charge in [0.05, 0.1) is 0 Å². The van der Waals surface area contributed by atoms with Crippen molar-refractivity contribution in [1.82, 2.24) is 9.80 Å². The highest BCUT2D eigenvalue weighted by molar-refractivity contribution is 5.92. The lowest BCUT2D eigenvalue weighted by Gasteiger charge is -2.20. The Hall–Kier alpha value is -3.15. The number of urea groups is 1. The minimum atomic E-state index is -1.20. The molecule has 25 heavy (non-hydrogen) atoms. The largest absolute Gasteiger partial charge is 0.480 e. The van der Waals surface area contributed by atoms with Gasteiger partial charge in [0.15, 0.2) is 6.04 Å². The molecule has 0 aliphatic carbocycles. The van der Waals surface area contributed by atoms with Crippen molar-refractivity contribution in [3.63, 3.8) is 0 Å². The molecule has 1 aliphatic rings. The summed E-state index contributed by atoms with van der Waals surface area (Å²) in [6.45, 7) is 0.338. The van der Waals surface area contributed by atoms with Gasteiger partial charge in [-0.2, -0.15) is 0 Å². The average Bonchev–Trinajstić information content (AvgIpc) is 2.89. The molecule has 3 rings (SSSR count). The first-order chi connectivity index (χ1) is 12.1. The molecule has 2 amide bonds. The number of benzene rings is 2. The number of carbonyl (C=O) groups excluding carboxylic acids is 2. The number of nitrogens with zero attached hydrogens (tertiary/aromatic N) is 2. The van der Waals surface area contributed by atoms with E-state index < -0.39 is 24.1 Å². The number of aliphatic carboxylic acids is 1. The van der Waals surface area contributed by atoms with E-state index in [4.69, 9.17) is 0 Å². The van der Waals surface area contributed by atoms with Crippen molar-refractivity contribution in [2.45, 2.75) is 25.2 Å². The second-order valence-corrected chi connectivity index (χ2v) is 5.92. The maximum atomic E-state index is 12.8. The van der Waals surface area contributed by atoms with Gasteiger partial charge in [-0.05, 0) is 11.1 Å². The standard InChI is InChI=1S/C19H18N2O4/c22-13-16-17(18(23)24)21(12-15-9-5-2-6-10-15)19(25)20(16)11-14-7-3-1-4-8-14/h1-10,13,16-17H,11-12H2,(H,23,24)/t16-,17-/m0/s1. The summed E-state index contributed by atoms with van der Waals surface area (Å²) >= 11 is 0. The van der Waals surface area contributed by atoms with Gasteiger partial charge >= 0.3 is 12.0 Å². The molecule has 1 aliphatic heterocycles. The minimum absolute atomic E-state index is 0.145. The molecule has 128 valence electrons. The van der Waals surface area contributed by atoms with E-state index in [9.17, 15) is 19.5 Å². The molecule has 0 radical (unpaired) electrons. The predicted octanol–water partition coefficient (Wildman–Crippen LogP) is 2.15. The zero-order valence-electron chi connectivity index (χ0n) is 13.5. The Morgan fingerprint density at radius 2 is 1.40 bits per heavy atom. The number of carboxylic acids is 1. The van der Waals surface area contributed by atoms with E-state index in [1.165, 1.54) is 9.80 Å². The van der Waals surface area contributed by atoms with Crippen LogP contribution < -0.4 is 0 Å². The van der Waals surface area contributed by atoms with Crippen molar-refractivity contribution in [2.24, 2.45) is 0 Å². The van der Waals surface area contributed by atoms with Gasteiger partial charge in [-0.3, -0.25) is 0 Å². The summed E-state index contributed by atoms with van der Waals surface area (Å²) in [6.07, 6.45) is 0.546. The monoisotopic (exact) mass is 338 g/mol. The number of hydrogen-bond acceptors (Lipinski definition) is 3. The Morgan fingerprint density at radius 1 is 0.920 bits per heavy atom. The molecular formula is C19H18N2O4. The predicted molar refractivity (Wildman–Crippen MR) is 90.6 cm³/mol. The van der Waals surface area contributed by atoms with Crippen molar-refractivity contribution in [3.8, 4) is 0 Å². The summed E-state index contributed by atoms with van der Waals surface area (Å²) in [4.78, 5) is 38.7. The Kier molecular flexibility index (Phi) is 4.79. The van der Waals surface area contributed by atoms with Crippen LogP contribution in [0.3, 0.4) is 0 Å². The van der Waals surface area contributed by atoms with Crippen LogP contribution in [0.25, 0.3) is 0 Å². The molecule has 6 nitrogen and oxygen atoms in total. The van der Waals surface area contributed by atoms with Crippen LogP contribution in [0.1, 0.15) is 11.1 Å². The van der Waals surface area contributed by atoms with Crippen LogP contribution in [0.2, 0.25) is 0 Å². The molecule has 0 unspecified atom stereocenters. The lowest BCUT2D eigenvalue weighted by atomic mass is 10.1. The first-order valence-electron chi connectivity index (χ1n) is 7.95. The third-order valence-corrected chi connectivity index (χ3v) is 4.29. The molecule has 2 aromatic rings. The zero-order chi connectivity index (χ0) is 17.8.